The Labute approximate surface area is 129 Å². The summed E-state index contributed by atoms with van der Waals surface area (Å²) in [6.07, 6.45) is 3.39. The first-order valence-corrected chi connectivity index (χ1v) is 7.27. The maximum Gasteiger partial charge on any atom is 0.249 e. The number of rotatable bonds is 5. The summed E-state index contributed by atoms with van der Waals surface area (Å²) in [6, 6.07) is 9.88. The summed E-state index contributed by atoms with van der Waals surface area (Å²) < 4.78 is 0. The van der Waals surface area contributed by atoms with Crippen LogP contribution in [-0.4, -0.2) is 26.7 Å². The molecular formula is C16H18N6. The van der Waals surface area contributed by atoms with E-state index in [2.05, 4.69) is 44.6 Å². The number of nitrogens with one attached hydrogen (secondary N) is 2. The third kappa shape index (κ3) is 3.28. The molecule has 0 atom stereocenters. The maximum absolute atomic E-state index is 4.42. The number of hydrogen-bond donors (Lipinski definition) is 2. The van der Waals surface area contributed by atoms with Gasteiger partial charge in [0.15, 0.2) is 5.82 Å². The lowest BCUT2D eigenvalue weighted by atomic mass is 10.2. The third-order valence-electron chi connectivity index (χ3n) is 3.13. The Kier molecular flexibility index (Phi) is 4.09. The highest BCUT2D eigenvalue weighted by atomic mass is 15.3. The van der Waals surface area contributed by atoms with Crippen molar-refractivity contribution in [3.05, 3.63) is 42.7 Å². The minimum atomic E-state index is 0.451. The van der Waals surface area contributed by atoms with Gasteiger partial charge in [-0.1, -0.05) is 32.0 Å². The maximum atomic E-state index is 4.42. The third-order valence-corrected chi connectivity index (χ3v) is 3.13. The van der Waals surface area contributed by atoms with Crippen molar-refractivity contribution in [2.45, 2.75) is 13.8 Å². The summed E-state index contributed by atoms with van der Waals surface area (Å²) in [7, 11) is 0. The van der Waals surface area contributed by atoms with Gasteiger partial charge in [-0.3, -0.25) is 4.98 Å². The predicted octanol–water partition coefficient (Wildman–Crippen LogP) is 3.23. The zero-order valence-corrected chi connectivity index (χ0v) is 12.6. The molecule has 1 aromatic carbocycles. The quantitative estimate of drug-likeness (QED) is 0.752. The van der Waals surface area contributed by atoms with Gasteiger partial charge in [-0.15, -0.1) is 5.10 Å². The van der Waals surface area contributed by atoms with Crippen molar-refractivity contribution in [3.8, 4) is 0 Å². The summed E-state index contributed by atoms with van der Waals surface area (Å²) in [5, 5.41) is 15.5. The smallest absolute Gasteiger partial charge is 0.249 e. The molecule has 0 spiro atoms. The normalized spacial score (nSPS) is 10.9. The lowest BCUT2D eigenvalue weighted by Crippen LogP contribution is -2.11. The fourth-order valence-corrected chi connectivity index (χ4v) is 2.08. The number of anilines is 3. The molecule has 0 amide bonds. The van der Waals surface area contributed by atoms with E-state index in [4.69, 9.17) is 0 Å². The molecule has 0 aliphatic carbocycles. The minimum Gasteiger partial charge on any atom is -0.368 e. The van der Waals surface area contributed by atoms with Gasteiger partial charge < -0.3 is 10.6 Å². The first-order valence-electron chi connectivity index (χ1n) is 7.27. The summed E-state index contributed by atoms with van der Waals surface area (Å²) in [6.45, 7) is 5.12. The van der Waals surface area contributed by atoms with Crippen LogP contribution >= 0.6 is 0 Å². The molecule has 112 valence electrons. The van der Waals surface area contributed by atoms with E-state index in [1.807, 2.05) is 30.3 Å². The highest BCUT2D eigenvalue weighted by Crippen LogP contribution is 2.23. The molecular weight excluding hydrogens is 276 g/mol. The van der Waals surface area contributed by atoms with Gasteiger partial charge in [0, 0.05) is 18.1 Å². The van der Waals surface area contributed by atoms with Crippen LogP contribution in [0.3, 0.4) is 0 Å². The molecule has 3 rings (SSSR count). The average Bonchev–Trinajstić information content (AvgIpc) is 2.54. The Hall–Kier alpha value is -2.76. The fourth-order valence-electron chi connectivity index (χ4n) is 2.08. The van der Waals surface area contributed by atoms with Crippen LogP contribution in [0.2, 0.25) is 0 Å². The highest BCUT2D eigenvalue weighted by Gasteiger charge is 2.05. The van der Waals surface area contributed by atoms with Gasteiger partial charge in [-0.05, 0) is 18.1 Å². The molecule has 3 aromatic rings. The van der Waals surface area contributed by atoms with Crippen molar-refractivity contribution < 1.29 is 0 Å². The second kappa shape index (κ2) is 6.34. The van der Waals surface area contributed by atoms with E-state index >= 15 is 0 Å². The van der Waals surface area contributed by atoms with Crippen LogP contribution in [0, 0.1) is 5.92 Å². The molecule has 0 saturated carbocycles. The molecule has 0 bridgehead atoms. The first-order chi connectivity index (χ1) is 10.7. The molecule has 22 heavy (non-hydrogen) atoms. The number of benzene rings is 1. The average molecular weight is 294 g/mol. The Bertz CT molecular complexity index is 766. The van der Waals surface area contributed by atoms with Crippen LogP contribution < -0.4 is 10.6 Å². The summed E-state index contributed by atoms with van der Waals surface area (Å²) >= 11 is 0. The number of hydrogen-bond acceptors (Lipinski definition) is 6. The molecule has 0 radical (unpaired) electrons. The van der Waals surface area contributed by atoms with Crippen LogP contribution in [0.15, 0.2) is 42.7 Å². The van der Waals surface area contributed by atoms with Crippen molar-refractivity contribution in [1.82, 2.24) is 20.2 Å². The molecule has 0 aliphatic heterocycles. The van der Waals surface area contributed by atoms with Crippen LogP contribution in [0.1, 0.15) is 13.8 Å². The Balaban J connectivity index is 1.84. The number of pyridine rings is 1. The van der Waals surface area contributed by atoms with Crippen molar-refractivity contribution in [2.75, 3.05) is 17.2 Å². The zero-order chi connectivity index (χ0) is 15.4. The number of nitrogens with zero attached hydrogens (tertiary/aromatic N) is 4. The second-order valence-corrected chi connectivity index (χ2v) is 5.45. The number of aromatic nitrogens is 4. The van der Waals surface area contributed by atoms with Crippen LogP contribution in [0.25, 0.3) is 10.9 Å². The zero-order valence-electron chi connectivity index (χ0n) is 12.6. The Morgan fingerprint density at radius 2 is 2.00 bits per heavy atom. The van der Waals surface area contributed by atoms with Crippen molar-refractivity contribution >= 4 is 28.4 Å². The van der Waals surface area contributed by atoms with E-state index in [0.29, 0.717) is 17.7 Å². The largest absolute Gasteiger partial charge is 0.368 e. The molecule has 0 aliphatic rings. The number of para-hydroxylation sites is 1. The molecule has 0 unspecified atom stereocenters. The molecule has 2 aromatic heterocycles. The molecule has 2 heterocycles. The van der Waals surface area contributed by atoms with Gasteiger partial charge in [0.05, 0.1) is 17.4 Å². The standard InChI is InChI=1S/C16H18N6/c1-11(2)9-18-14-10-19-22-16(21-14)20-13-7-3-5-12-6-4-8-17-15(12)13/h3-8,10-11H,9H2,1-2H3,(H2,18,20,21,22). The van der Waals surface area contributed by atoms with Crippen LogP contribution in [0.4, 0.5) is 17.5 Å². The molecule has 0 fully saturated rings. The van der Waals surface area contributed by atoms with Gasteiger partial charge >= 0.3 is 0 Å². The van der Waals surface area contributed by atoms with E-state index in [-0.39, 0.29) is 0 Å². The lowest BCUT2D eigenvalue weighted by molar-refractivity contribution is 0.686. The lowest BCUT2D eigenvalue weighted by Gasteiger charge is -2.10. The summed E-state index contributed by atoms with van der Waals surface area (Å²) in [5.41, 5.74) is 1.75. The molecule has 2 N–H and O–H groups in total. The molecule has 0 saturated heterocycles. The Morgan fingerprint density at radius 3 is 2.86 bits per heavy atom. The van der Waals surface area contributed by atoms with Crippen molar-refractivity contribution in [3.63, 3.8) is 0 Å². The van der Waals surface area contributed by atoms with Gasteiger partial charge in [-0.25, -0.2) is 0 Å². The predicted molar refractivity (Wildman–Crippen MR) is 88.2 cm³/mol. The number of fused-ring (bicyclic) bond motifs is 1. The topological polar surface area (TPSA) is 75.6 Å². The van der Waals surface area contributed by atoms with Crippen molar-refractivity contribution in [1.29, 1.82) is 0 Å². The first kappa shape index (κ1) is 14.2. The highest BCUT2D eigenvalue weighted by molar-refractivity contribution is 5.91. The SMILES string of the molecule is CC(C)CNc1cnnc(Nc2cccc3cccnc23)n1. The van der Waals surface area contributed by atoms with Gasteiger partial charge in [-0.2, -0.15) is 10.1 Å². The van der Waals surface area contributed by atoms with E-state index in [9.17, 15) is 0 Å². The molecule has 6 nitrogen and oxygen atoms in total. The van der Waals surface area contributed by atoms with Crippen molar-refractivity contribution in [2.24, 2.45) is 5.92 Å². The monoisotopic (exact) mass is 294 g/mol. The van der Waals surface area contributed by atoms with E-state index < -0.39 is 0 Å². The minimum absolute atomic E-state index is 0.451. The van der Waals surface area contributed by atoms with E-state index in [1.54, 1.807) is 12.4 Å². The Morgan fingerprint density at radius 1 is 1.14 bits per heavy atom. The van der Waals surface area contributed by atoms with Gasteiger partial charge in [0.2, 0.25) is 5.95 Å². The van der Waals surface area contributed by atoms with E-state index in [1.165, 1.54) is 0 Å². The van der Waals surface area contributed by atoms with Crippen LogP contribution in [0.5, 0.6) is 0 Å². The van der Waals surface area contributed by atoms with Gasteiger partial charge in [0.25, 0.3) is 0 Å². The van der Waals surface area contributed by atoms with E-state index in [0.717, 1.165) is 23.1 Å². The molecule has 6 heteroatoms. The fraction of sp³-hybridized carbons (Fsp3) is 0.250. The second-order valence-electron chi connectivity index (χ2n) is 5.45. The summed E-state index contributed by atoms with van der Waals surface area (Å²) in [5.74, 6) is 1.69. The van der Waals surface area contributed by atoms with Gasteiger partial charge in [0.1, 0.15) is 0 Å². The van der Waals surface area contributed by atoms with Crippen LogP contribution in [-0.2, 0) is 0 Å². The summed E-state index contributed by atoms with van der Waals surface area (Å²) in [4.78, 5) is 8.83.